The molecule has 0 saturated heterocycles. The summed E-state index contributed by atoms with van der Waals surface area (Å²) in [7, 11) is 0. The van der Waals surface area contributed by atoms with E-state index in [9.17, 15) is 4.79 Å². The molecule has 0 saturated carbocycles. The first-order valence-electron chi connectivity index (χ1n) is 6.66. The smallest absolute Gasteiger partial charge is 0.282 e. The number of carbonyl (C=O) groups is 1. The summed E-state index contributed by atoms with van der Waals surface area (Å²) < 4.78 is 0. The minimum absolute atomic E-state index is 0.0402. The Labute approximate surface area is 126 Å². The highest BCUT2D eigenvalue weighted by Gasteiger charge is 2.18. The fourth-order valence-corrected chi connectivity index (χ4v) is 3.24. The molecule has 7 heteroatoms. The first-order valence-corrected chi connectivity index (χ1v) is 8.35. The maximum atomic E-state index is 12.2. The third-order valence-corrected chi connectivity index (χ3v) is 4.61. The Kier molecular flexibility index (Phi) is 5.49. The number of hydrogen-bond donors (Lipinski definition) is 2. The lowest BCUT2D eigenvalue weighted by Gasteiger charge is -2.13. The largest absolute Gasteiger partial charge is 0.360 e. The van der Waals surface area contributed by atoms with Gasteiger partial charge >= 0.3 is 0 Å². The zero-order chi connectivity index (χ0) is 14.4. The molecular formula is C13H18N4OS2. The molecule has 108 valence electrons. The van der Waals surface area contributed by atoms with E-state index in [0.29, 0.717) is 10.1 Å². The van der Waals surface area contributed by atoms with Crippen LogP contribution in [0.5, 0.6) is 0 Å². The van der Waals surface area contributed by atoms with Gasteiger partial charge in [-0.2, -0.15) is 0 Å². The lowest BCUT2D eigenvalue weighted by Crippen LogP contribution is -2.27. The van der Waals surface area contributed by atoms with E-state index in [2.05, 4.69) is 34.7 Å². The van der Waals surface area contributed by atoms with Crippen molar-refractivity contribution < 1.29 is 4.79 Å². The fraction of sp³-hybridized carbons (Fsp3) is 0.462. The Bertz CT molecular complexity index is 538. The molecule has 2 rings (SSSR count). The highest BCUT2D eigenvalue weighted by molar-refractivity contribution is 7.17. The molecule has 2 N–H and O–H groups in total. The molecule has 1 amide bonds. The van der Waals surface area contributed by atoms with Gasteiger partial charge in [-0.25, -0.2) is 0 Å². The molecule has 0 fully saturated rings. The van der Waals surface area contributed by atoms with Crippen molar-refractivity contribution >= 4 is 33.7 Å². The van der Waals surface area contributed by atoms with Crippen molar-refractivity contribution in [3.05, 3.63) is 27.4 Å². The fourth-order valence-electron chi connectivity index (χ4n) is 1.70. The van der Waals surface area contributed by atoms with Crippen LogP contribution in [-0.2, 0) is 0 Å². The maximum Gasteiger partial charge on any atom is 0.282 e. The van der Waals surface area contributed by atoms with E-state index in [0.717, 1.165) is 24.3 Å². The molecule has 2 heterocycles. The Morgan fingerprint density at radius 1 is 1.40 bits per heavy atom. The second kappa shape index (κ2) is 7.35. The van der Waals surface area contributed by atoms with Gasteiger partial charge in [0.15, 0.2) is 0 Å². The van der Waals surface area contributed by atoms with Gasteiger partial charge in [0.1, 0.15) is 0 Å². The summed E-state index contributed by atoms with van der Waals surface area (Å²) >= 11 is 2.94. The molecule has 2 aromatic rings. The number of nitrogens with zero attached hydrogens (tertiary/aromatic N) is 2. The minimum Gasteiger partial charge on any atom is -0.360 e. The molecule has 0 radical (unpaired) electrons. The summed E-state index contributed by atoms with van der Waals surface area (Å²) in [5.74, 6) is -0.160. The summed E-state index contributed by atoms with van der Waals surface area (Å²) in [5.41, 5.74) is 0. The predicted octanol–water partition coefficient (Wildman–Crippen LogP) is 3.30. The predicted molar refractivity (Wildman–Crippen MR) is 83.5 cm³/mol. The van der Waals surface area contributed by atoms with Crippen LogP contribution in [0.1, 0.15) is 47.4 Å². The zero-order valence-electron chi connectivity index (χ0n) is 11.5. The van der Waals surface area contributed by atoms with E-state index < -0.39 is 0 Å². The van der Waals surface area contributed by atoms with Crippen molar-refractivity contribution in [2.75, 3.05) is 11.9 Å². The van der Waals surface area contributed by atoms with E-state index in [-0.39, 0.29) is 11.9 Å². The lowest BCUT2D eigenvalue weighted by molar-refractivity contribution is 0.0935. The van der Waals surface area contributed by atoms with Gasteiger partial charge < -0.3 is 10.6 Å². The van der Waals surface area contributed by atoms with Crippen molar-refractivity contribution in [1.82, 2.24) is 15.5 Å². The standard InChI is InChI=1S/C13H18N4OS2/c1-3-7-14-13-17-16-12(20-13)11(18)15-9(4-2)10-6-5-8-19-10/h5-6,8-9H,3-4,7H2,1-2H3,(H,14,17)(H,15,18). The third-order valence-electron chi connectivity index (χ3n) is 2.75. The zero-order valence-corrected chi connectivity index (χ0v) is 13.2. The molecule has 5 nitrogen and oxygen atoms in total. The number of thiophene rings is 1. The monoisotopic (exact) mass is 310 g/mol. The van der Waals surface area contributed by atoms with E-state index in [1.807, 2.05) is 17.5 Å². The van der Waals surface area contributed by atoms with Crippen molar-refractivity contribution in [1.29, 1.82) is 0 Å². The van der Waals surface area contributed by atoms with Gasteiger partial charge in [0, 0.05) is 11.4 Å². The SMILES string of the molecule is CCCNc1nnc(C(=O)NC(CC)c2cccs2)s1. The van der Waals surface area contributed by atoms with Crippen molar-refractivity contribution in [3.8, 4) is 0 Å². The Morgan fingerprint density at radius 3 is 2.90 bits per heavy atom. The first-order chi connectivity index (χ1) is 9.74. The normalized spacial score (nSPS) is 12.1. The molecule has 0 aliphatic heterocycles. The summed E-state index contributed by atoms with van der Waals surface area (Å²) in [6, 6.07) is 4.07. The summed E-state index contributed by atoms with van der Waals surface area (Å²) in [4.78, 5) is 13.3. The Balaban J connectivity index is 1.98. The third kappa shape index (κ3) is 3.77. The number of hydrogen-bond acceptors (Lipinski definition) is 6. The second-order valence-corrected chi connectivity index (χ2v) is 6.25. The molecule has 0 spiro atoms. The molecule has 2 aromatic heterocycles. The number of aromatic nitrogens is 2. The van der Waals surface area contributed by atoms with Crippen molar-refractivity contribution in [2.24, 2.45) is 0 Å². The molecule has 0 aliphatic rings. The number of carbonyl (C=O) groups excluding carboxylic acids is 1. The molecule has 0 aromatic carbocycles. The highest BCUT2D eigenvalue weighted by Crippen LogP contribution is 2.23. The van der Waals surface area contributed by atoms with Crippen LogP contribution in [0, 0.1) is 0 Å². The number of anilines is 1. The summed E-state index contributed by atoms with van der Waals surface area (Å²) in [6.45, 7) is 4.97. The lowest BCUT2D eigenvalue weighted by atomic mass is 10.2. The molecular weight excluding hydrogens is 292 g/mol. The molecule has 0 aliphatic carbocycles. The van der Waals surface area contributed by atoms with E-state index in [4.69, 9.17) is 0 Å². The highest BCUT2D eigenvalue weighted by atomic mass is 32.1. The van der Waals surface area contributed by atoms with Crippen LogP contribution >= 0.6 is 22.7 Å². The first kappa shape index (κ1) is 14.9. The van der Waals surface area contributed by atoms with Crippen molar-refractivity contribution in [2.45, 2.75) is 32.7 Å². The van der Waals surface area contributed by atoms with Crippen LogP contribution in [0.15, 0.2) is 17.5 Å². The van der Waals surface area contributed by atoms with Gasteiger partial charge in [0.05, 0.1) is 6.04 Å². The molecule has 20 heavy (non-hydrogen) atoms. The maximum absolute atomic E-state index is 12.2. The molecule has 1 unspecified atom stereocenters. The number of amides is 1. The van der Waals surface area contributed by atoms with Crippen molar-refractivity contribution in [3.63, 3.8) is 0 Å². The average Bonchev–Trinajstić information content (AvgIpc) is 3.13. The van der Waals surface area contributed by atoms with Crippen LogP contribution in [0.25, 0.3) is 0 Å². The van der Waals surface area contributed by atoms with Crippen LogP contribution in [0.2, 0.25) is 0 Å². The van der Waals surface area contributed by atoms with Gasteiger partial charge in [-0.1, -0.05) is 31.3 Å². The van der Waals surface area contributed by atoms with Crippen LogP contribution < -0.4 is 10.6 Å². The van der Waals surface area contributed by atoms with Gasteiger partial charge in [-0.3, -0.25) is 4.79 Å². The van der Waals surface area contributed by atoms with E-state index in [1.165, 1.54) is 11.3 Å². The van der Waals surface area contributed by atoms with Crippen LogP contribution in [-0.4, -0.2) is 22.6 Å². The Morgan fingerprint density at radius 2 is 2.25 bits per heavy atom. The van der Waals surface area contributed by atoms with E-state index in [1.54, 1.807) is 11.3 Å². The van der Waals surface area contributed by atoms with Crippen LogP contribution in [0.3, 0.4) is 0 Å². The van der Waals surface area contributed by atoms with Gasteiger partial charge in [0.25, 0.3) is 5.91 Å². The van der Waals surface area contributed by atoms with Gasteiger partial charge in [-0.15, -0.1) is 21.5 Å². The Hall–Kier alpha value is -1.47. The van der Waals surface area contributed by atoms with Crippen LogP contribution in [0.4, 0.5) is 5.13 Å². The molecule has 1 atom stereocenters. The van der Waals surface area contributed by atoms with Gasteiger partial charge in [-0.05, 0) is 24.3 Å². The number of nitrogens with one attached hydrogen (secondary N) is 2. The van der Waals surface area contributed by atoms with E-state index >= 15 is 0 Å². The van der Waals surface area contributed by atoms with Gasteiger partial charge in [0.2, 0.25) is 10.1 Å². The molecule has 0 bridgehead atoms. The summed E-state index contributed by atoms with van der Waals surface area (Å²) in [6.07, 6.45) is 1.86. The topological polar surface area (TPSA) is 66.9 Å². The second-order valence-electron chi connectivity index (χ2n) is 4.29. The number of rotatable bonds is 7. The minimum atomic E-state index is -0.160. The quantitative estimate of drug-likeness (QED) is 0.823. The summed E-state index contributed by atoms with van der Waals surface area (Å²) in [5, 5.41) is 17.2. The average molecular weight is 310 g/mol.